The van der Waals surface area contributed by atoms with Gasteiger partial charge in [0, 0.05) is 11.3 Å². The number of allylic oxidation sites excluding steroid dienone is 2. The van der Waals surface area contributed by atoms with Crippen molar-refractivity contribution in [3.63, 3.8) is 0 Å². The Morgan fingerprint density at radius 2 is 2.14 bits per heavy atom. The summed E-state index contributed by atoms with van der Waals surface area (Å²) in [6.07, 6.45) is 6.54. The van der Waals surface area contributed by atoms with E-state index in [0.29, 0.717) is 11.3 Å². The van der Waals surface area contributed by atoms with Crippen LogP contribution in [0.25, 0.3) is 5.57 Å². The van der Waals surface area contributed by atoms with Gasteiger partial charge in [0.05, 0.1) is 11.8 Å². The molecule has 1 heterocycles. The number of carbonyl (C=O) groups is 1. The minimum atomic E-state index is -1.03. The van der Waals surface area contributed by atoms with Crippen LogP contribution in [0.5, 0.6) is 0 Å². The van der Waals surface area contributed by atoms with Crippen LogP contribution < -0.4 is 5.32 Å². The highest BCUT2D eigenvalue weighted by molar-refractivity contribution is 6.03. The Morgan fingerprint density at radius 3 is 2.71 bits per heavy atom. The number of amides is 1. The monoisotopic (exact) mass is 378 g/mol. The van der Waals surface area contributed by atoms with E-state index in [1.807, 2.05) is 24.3 Å². The lowest BCUT2D eigenvalue weighted by molar-refractivity contribution is 0.0786. The van der Waals surface area contributed by atoms with Crippen molar-refractivity contribution < 1.29 is 9.90 Å². The first-order valence-corrected chi connectivity index (χ1v) is 9.42. The molecule has 1 amide bonds. The molecule has 0 bridgehead atoms. The summed E-state index contributed by atoms with van der Waals surface area (Å²) in [5.41, 5.74) is 2.96. The average molecular weight is 378 g/mol. The van der Waals surface area contributed by atoms with Gasteiger partial charge in [-0.05, 0) is 55.7 Å². The molecule has 0 fully saturated rings. The van der Waals surface area contributed by atoms with Crippen LogP contribution >= 0.6 is 0 Å². The molecule has 0 saturated heterocycles. The molecule has 3 N–H and O–H groups in total. The predicted octanol–water partition coefficient (Wildman–Crippen LogP) is 4.35. The standard InChI is InChI=1S/C22H26N4O2/c1-21(2)9-7-14(8-10-21)17-6-5-15(22(3,4)28)11-18(17)26-20(27)19-24-13-16(12-23)25-19/h5-7,11,13,28H,8-10H2,1-4H3,(H,24,25)(H,26,27). The number of anilines is 1. The Hall–Kier alpha value is -2.91. The van der Waals surface area contributed by atoms with Gasteiger partial charge in [-0.25, -0.2) is 4.98 Å². The molecule has 2 aromatic rings. The number of nitrogens with one attached hydrogen (secondary N) is 2. The van der Waals surface area contributed by atoms with Crippen molar-refractivity contribution in [2.24, 2.45) is 5.41 Å². The number of aromatic nitrogens is 2. The number of H-pyrrole nitrogens is 1. The summed E-state index contributed by atoms with van der Waals surface area (Å²) < 4.78 is 0. The lowest BCUT2D eigenvalue weighted by Crippen LogP contribution is -2.19. The van der Waals surface area contributed by atoms with Gasteiger partial charge in [0.15, 0.2) is 5.82 Å². The zero-order valence-corrected chi connectivity index (χ0v) is 16.8. The van der Waals surface area contributed by atoms with Gasteiger partial charge < -0.3 is 15.4 Å². The quantitative estimate of drug-likeness (QED) is 0.736. The number of hydrogen-bond acceptors (Lipinski definition) is 4. The molecule has 3 rings (SSSR count). The Balaban J connectivity index is 1.97. The van der Waals surface area contributed by atoms with E-state index in [1.165, 1.54) is 11.8 Å². The number of nitriles is 1. The van der Waals surface area contributed by atoms with Crippen LogP contribution in [0.15, 0.2) is 30.5 Å². The number of rotatable bonds is 4. The molecule has 0 aliphatic heterocycles. The number of hydrogen-bond donors (Lipinski definition) is 3. The molecular formula is C22H26N4O2. The number of aliphatic hydroxyl groups is 1. The van der Waals surface area contributed by atoms with Crippen molar-refractivity contribution in [3.8, 4) is 6.07 Å². The second-order valence-electron chi connectivity index (χ2n) is 8.63. The van der Waals surface area contributed by atoms with Crippen molar-refractivity contribution >= 4 is 17.2 Å². The fourth-order valence-electron chi connectivity index (χ4n) is 3.30. The van der Waals surface area contributed by atoms with Crippen molar-refractivity contribution in [2.75, 3.05) is 5.32 Å². The third-order valence-electron chi connectivity index (χ3n) is 5.20. The summed E-state index contributed by atoms with van der Waals surface area (Å²) in [7, 11) is 0. The summed E-state index contributed by atoms with van der Waals surface area (Å²) in [5, 5.41) is 22.2. The molecule has 146 valence electrons. The van der Waals surface area contributed by atoms with E-state index in [-0.39, 0.29) is 16.9 Å². The second kappa shape index (κ2) is 7.25. The molecule has 6 nitrogen and oxygen atoms in total. The third kappa shape index (κ3) is 4.32. The fourth-order valence-corrected chi connectivity index (χ4v) is 3.30. The van der Waals surface area contributed by atoms with Gasteiger partial charge in [0.1, 0.15) is 11.8 Å². The Kier molecular flexibility index (Phi) is 5.14. The summed E-state index contributed by atoms with van der Waals surface area (Å²) in [4.78, 5) is 19.3. The van der Waals surface area contributed by atoms with E-state index in [2.05, 4.69) is 35.2 Å². The number of carbonyl (C=O) groups excluding carboxylic acids is 1. The third-order valence-corrected chi connectivity index (χ3v) is 5.20. The summed E-state index contributed by atoms with van der Waals surface area (Å²) >= 11 is 0. The molecule has 28 heavy (non-hydrogen) atoms. The van der Waals surface area contributed by atoms with Crippen LogP contribution in [0.1, 0.15) is 74.4 Å². The molecule has 1 aliphatic rings. The van der Waals surface area contributed by atoms with Crippen molar-refractivity contribution in [3.05, 3.63) is 53.1 Å². The number of imidazole rings is 1. The predicted molar refractivity (Wildman–Crippen MR) is 109 cm³/mol. The molecule has 0 spiro atoms. The maximum Gasteiger partial charge on any atom is 0.291 e. The van der Waals surface area contributed by atoms with Crippen molar-refractivity contribution in [1.82, 2.24) is 9.97 Å². The minimum absolute atomic E-state index is 0.0786. The van der Waals surface area contributed by atoms with Crippen LogP contribution in [-0.4, -0.2) is 21.0 Å². The van der Waals surface area contributed by atoms with E-state index >= 15 is 0 Å². The van der Waals surface area contributed by atoms with E-state index in [0.717, 1.165) is 24.8 Å². The SMILES string of the molecule is CC1(C)CC=C(c2ccc(C(C)(C)O)cc2NC(=O)c2ncc(C#N)[nH]2)CC1. The lowest BCUT2D eigenvalue weighted by atomic mass is 9.76. The van der Waals surface area contributed by atoms with Crippen molar-refractivity contribution in [2.45, 2.75) is 52.6 Å². The molecule has 0 atom stereocenters. The van der Waals surface area contributed by atoms with Crippen LogP contribution in [0.3, 0.4) is 0 Å². The first-order chi connectivity index (χ1) is 13.1. The molecule has 0 saturated carbocycles. The molecule has 1 aromatic carbocycles. The Labute approximate surface area is 165 Å². The van der Waals surface area contributed by atoms with Crippen LogP contribution in [0.4, 0.5) is 5.69 Å². The molecule has 0 radical (unpaired) electrons. The molecule has 0 unspecified atom stereocenters. The number of nitrogens with zero attached hydrogens (tertiary/aromatic N) is 2. The highest BCUT2D eigenvalue weighted by Gasteiger charge is 2.25. The zero-order valence-electron chi connectivity index (χ0n) is 16.8. The van der Waals surface area contributed by atoms with E-state index < -0.39 is 11.5 Å². The van der Waals surface area contributed by atoms with Gasteiger partial charge >= 0.3 is 0 Å². The summed E-state index contributed by atoms with van der Waals surface area (Å²) in [6.45, 7) is 7.93. The maximum atomic E-state index is 12.6. The highest BCUT2D eigenvalue weighted by atomic mass is 16.3. The molecular weight excluding hydrogens is 352 g/mol. The Bertz CT molecular complexity index is 971. The molecule has 6 heteroatoms. The topological polar surface area (TPSA) is 102 Å². The normalized spacial score (nSPS) is 16.2. The van der Waals surface area contributed by atoms with Crippen LogP contribution in [0, 0.1) is 16.7 Å². The number of aromatic amines is 1. The average Bonchev–Trinajstić information content (AvgIpc) is 3.10. The maximum absolute atomic E-state index is 12.6. The first kappa shape index (κ1) is 19.8. The second-order valence-corrected chi connectivity index (χ2v) is 8.63. The summed E-state index contributed by atoms with van der Waals surface area (Å²) in [5.74, 6) is -0.345. The van der Waals surface area contributed by atoms with Crippen molar-refractivity contribution in [1.29, 1.82) is 5.26 Å². The van der Waals surface area contributed by atoms with Crippen LogP contribution in [0.2, 0.25) is 0 Å². The van der Waals surface area contributed by atoms with Gasteiger partial charge in [0.2, 0.25) is 0 Å². The Morgan fingerprint density at radius 1 is 1.39 bits per heavy atom. The molecule has 1 aliphatic carbocycles. The summed E-state index contributed by atoms with van der Waals surface area (Å²) in [6, 6.07) is 7.58. The van der Waals surface area contributed by atoms with Gasteiger partial charge in [-0.15, -0.1) is 0 Å². The minimum Gasteiger partial charge on any atom is -0.386 e. The van der Waals surface area contributed by atoms with Crippen LogP contribution in [-0.2, 0) is 5.60 Å². The zero-order chi connectivity index (χ0) is 20.5. The first-order valence-electron chi connectivity index (χ1n) is 9.42. The smallest absolute Gasteiger partial charge is 0.291 e. The largest absolute Gasteiger partial charge is 0.386 e. The van der Waals surface area contributed by atoms with E-state index in [4.69, 9.17) is 5.26 Å². The van der Waals surface area contributed by atoms with E-state index in [9.17, 15) is 9.90 Å². The lowest BCUT2D eigenvalue weighted by Gasteiger charge is -2.30. The van der Waals surface area contributed by atoms with Gasteiger partial charge in [0.25, 0.3) is 5.91 Å². The van der Waals surface area contributed by atoms with Gasteiger partial charge in [-0.1, -0.05) is 32.1 Å². The van der Waals surface area contributed by atoms with Gasteiger partial charge in [-0.2, -0.15) is 5.26 Å². The van der Waals surface area contributed by atoms with E-state index in [1.54, 1.807) is 13.8 Å². The number of benzene rings is 1. The molecule has 1 aromatic heterocycles. The van der Waals surface area contributed by atoms with Gasteiger partial charge in [-0.3, -0.25) is 4.79 Å². The fraction of sp³-hybridized carbons (Fsp3) is 0.409. The highest BCUT2D eigenvalue weighted by Crippen LogP contribution is 2.40.